The molecule has 3 aliphatic rings. The standard InChI is InChI=1S/C29H22F3N3O3/c1-16-9-11-20(12-10-16)35-27(37)22-23(28(35)38)25(34-14-13-17-5-2-3-8-21(17)24(22)34)26(36)33-19-7-4-6-18(15-19)29(30,31)32/h2-15,22-25H,1H3,(H,33,36)/t22-,23+,24+,25-/m0/s1. The minimum atomic E-state index is -4.58. The molecule has 4 atom stereocenters. The highest BCUT2D eigenvalue weighted by molar-refractivity contribution is 6.24. The fraction of sp³-hybridized carbons (Fsp3) is 0.207. The van der Waals surface area contributed by atoms with Gasteiger partial charge in [0.1, 0.15) is 6.04 Å². The van der Waals surface area contributed by atoms with E-state index in [2.05, 4.69) is 5.32 Å². The number of amides is 3. The van der Waals surface area contributed by atoms with Gasteiger partial charge in [0.2, 0.25) is 17.7 Å². The number of rotatable bonds is 3. The van der Waals surface area contributed by atoms with Crippen LogP contribution >= 0.6 is 0 Å². The maximum absolute atomic E-state index is 13.8. The Balaban J connectivity index is 1.41. The molecule has 0 saturated carbocycles. The number of carbonyl (C=O) groups is 3. The van der Waals surface area contributed by atoms with E-state index < -0.39 is 53.4 Å². The number of hydrogen-bond acceptors (Lipinski definition) is 4. The van der Waals surface area contributed by atoms with Gasteiger partial charge >= 0.3 is 6.18 Å². The lowest BCUT2D eigenvalue weighted by Gasteiger charge is -2.35. The molecule has 0 unspecified atom stereocenters. The van der Waals surface area contributed by atoms with Crippen LogP contribution in [0.25, 0.3) is 6.08 Å². The van der Waals surface area contributed by atoms with Crippen molar-refractivity contribution >= 4 is 35.2 Å². The van der Waals surface area contributed by atoms with E-state index in [1.807, 2.05) is 37.3 Å². The first-order chi connectivity index (χ1) is 18.1. The van der Waals surface area contributed by atoms with Gasteiger partial charge < -0.3 is 10.2 Å². The highest BCUT2D eigenvalue weighted by atomic mass is 19.4. The molecular formula is C29H22F3N3O3. The Morgan fingerprint density at radius 3 is 2.34 bits per heavy atom. The third-order valence-electron chi connectivity index (χ3n) is 7.48. The van der Waals surface area contributed by atoms with E-state index in [1.54, 1.807) is 35.4 Å². The van der Waals surface area contributed by atoms with Crippen LogP contribution in [0, 0.1) is 18.8 Å². The number of carbonyl (C=O) groups excluding carboxylic acids is 3. The van der Waals surface area contributed by atoms with Crippen LogP contribution in [0.5, 0.6) is 0 Å². The Labute approximate surface area is 216 Å². The molecule has 0 aliphatic carbocycles. The lowest BCUT2D eigenvalue weighted by molar-refractivity contribution is -0.137. The summed E-state index contributed by atoms with van der Waals surface area (Å²) in [5, 5.41) is 2.57. The van der Waals surface area contributed by atoms with Gasteiger partial charge in [-0.3, -0.25) is 14.4 Å². The third kappa shape index (κ3) is 3.69. The summed E-state index contributed by atoms with van der Waals surface area (Å²) in [7, 11) is 0. The molecule has 3 heterocycles. The number of fused-ring (bicyclic) bond motifs is 5. The predicted octanol–water partition coefficient (Wildman–Crippen LogP) is 5.17. The molecule has 0 spiro atoms. The molecule has 0 aromatic heterocycles. The molecule has 3 aromatic carbocycles. The quantitative estimate of drug-likeness (QED) is 0.487. The molecule has 6 rings (SSSR count). The van der Waals surface area contributed by atoms with Crippen LogP contribution in [0.15, 0.2) is 79.0 Å². The first-order valence-electron chi connectivity index (χ1n) is 12.1. The number of benzene rings is 3. The van der Waals surface area contributed by atoms with Gasteiger partial charge in [-0.25, -0.2) is 4.90 Å². The van der Waals surface area contributed by atoms with Crippen LogP contribution in [-0.2, 0) is 20.6 Å². The zero-order valence-electron chi connectivity index (χ0n) is 20.1. The molecule has 192 valence electrons. The van der Waals surface area contributed by atoms with Crippen molar-refractivity contribution in [3.05, 3.63) is 101 Å². The van der Waals surface area contributed by atoms with E-state index in [1.165, 1.54) is 12.1 Å². The van der Waals surface area contributed by atoms with Gasteiger partial charge in [-0.1, -0.05) is 48.0 Å². The smallest absolute Gasteiger partial charge is 0.357 e. The van der Waals surface area contributed by atoms with Crippen molar-refractivity contribution in [2.45, 2.75) is 25.2 Å². The first-order valence-corrected chi connectivity index (χ1v) is 12.1. The van der Waals surface area contributed by atoms with Gasteiger partial charge in [0.05, 0.1) is 29.1 Å². The van der Waals surface area contributed by atoms with Crippen molar-refractivity contribution in [2.24, 2.45) is 11.8 Å². The average molecular weight is 518 g/mol. The maximum Gasteiger partial charge on any atom is 0.416 e. The number of aryl methyl sites for hydroxylation is 1. The number of hydrogen-bond donors (Lipinski definition) is 1. The molecule has 3 amide bonds. The lowest BCUT2D eigenvalue weighted by Crippen LogP contribution is -2.46. The first kappa shape index (κ1) is 24.0. The van der Waals surface area contributed by atoms with Crippen molar-refractivity contribution in [3.8, 4) is 0 Å². The van der Waals surface area contributed by atoms with Gasteiger partial charge in [-0.05, 0) is 54.5 Å². The molecule has 3 aromatic rings. The largest absolute Gasteiger partial charge is 0.416 e. The molecule has 2 saturated heterocycles. The Morgan fingerprint density at radius 1 is 0.895 bits per heavy atom. The van der Waals surface area contributed by atoms with Crippen molar-refractivity contribution < 1.29 is 27.6 Å². The highest BCUT2D eigenvalue weighted by Gasteiger charge is 2.64. The van der Waals surface area contributed by atoms with E-state index in [-0.39, 0.29) is 5.69 Å². The van der Waals surface area contributed by atoms with Gasteiger partial charge in [-0.2, -0.15) is 13.2 Å². The monoisotopic (exact) mass is 517 g/mol. The Kier molecular flexibility index (Phi) is 5.41. The molecule has 3 aliphatic heterocycles. The Morgan fingerprint density at radius 2 is 1.61 bits per heavy atom. The topological polar surface area (TPSA) is 69.7 Å². The summed E-state index contributed by atoms with van der Waals surface area (Å²) in [6.45, 7) is 1.89. The van der Waals surface area contributed by atoms with Crippen LogP contribution in [0.1, 0.15) is 28.3 Å². The van der Waals surface area contributed by atoms with Crippen molar-refractivity contribution in [2.75, 3.05) is 10.2 Å². The van der Waals surface area contributed by atoms with Crippen LogP contribution in [0.4, 0.5) is 24.5 Å². The Hall–Kier alpha value is -4.40. The van der Waals surface area contributed by atoms with Gasteiger partial charge in [-0.15, -0.1) is 0 Å². The van der Waals surface area contributed by atoms with Gasteiger partial charge in [0.15, 0.2) is 0 Å². The van der Waals surface area contributed by atoms with Crippen LogP contribution in [0.3, 0.4) is 0 Å². The predicted molar refractivity (Wildman–Crippen MR) is 135 cm³/mol. The molecule has 0 radical (unpaired) electrons. The van der Waals surface area contributed by atoms with Crippen LogP contribution in [0.2, 0.25) is 0 Å². The molecule has 38 heavy (non-hydrogen) atoms. The molecule has 9 heteroatoms. The van der Waals surface area contributed by atoms with E-state index in [0.717, 1.165) is 33.7 Å². The summed E-state index contributed by atoms with van der Waals surface area (Å²) in [5.41, 5.74) is 2.12. The normalized spacial score (nSPS) is 23.8. The number of alkyl halides is 3. The van der Waals surface area contributed by atoms with Crippen LogP contribution < -0.4 is 10.2 Å². The van der Waals surface area contributed by atoms with Gasteiger partial charge in [0.25, 0.3) is 0 Å². The average Bonchev–Trinajstić information content (AvgIpc) is 3.37. The Bertz CT molecular complexity index is 1500. The fourth-order valence-corrected chi connectivity index (χ4v) is 5.79. The SMILES string of the molecule is Cc1ccc(N2C(=O)[C@@H]3[C@H](C2=O)[C@H]2c4ccccc4C=CN2[C@@H]3C(=O)Nc2cccc(C(F)(F)F)c2)cc1. The van der Waals surface area contributed by atoms with Crippen molar-refractivity contribution in [1.29, 1.82) is 0 Å². The van der Waals surface area contributed by atoms with Crippen molar-refractivity contribution in [1.82, 2.24) is 4.90 Å². The molecule has 1 N–H and O–H groups in total. The second-order valence-electron chi connectivity index (χ2n) is 9.75. The van der Waals surface area contributed by atoms with E-state index in [9.17, 15) is 27.6 Å². The zero-order valence-corrected chi connectivity index (χ0v) is 20.1. The fourth-order valence-electron chi connectivity index (χ4n) is 5.79. The molecular weight excluding hydrogens is 495 g/mol. The highest BCUT2D eigenvalue weighted by Crippen LogP contribution is 2.53. The van der Waals surface area contributed by atoms with Gasteiger partial charge in [0, 0.05) is 11.9 Å². The van der Waals surface area contributed by atoms with Crippen LogP contribution in [-0.4, -0.2) is 28.7 Å². The summed E-state index contributed by atoms with van der Waals surface area (Å²) < 4.78 is 39.8. The summed E-state index contributed by atoms with van der Waals surface area (Å²) in [6, 6.07) is 17.1. The number of imide groups is 1. The molecule has 2 fully saturated rings. The van der Waals surface area contributed by atoms with E-state index in [0.29, 0.717) is 5.69 Å². The minimum Gasteiger partial charge on any atom is -0.357 e. The maximum atomic E-state index is 13.8. The number of anilines is 2. The number of nitrogens with zero attached hydrogens (tertiary/aromatic N) is 2. The van der Waals surface area contributed by atoms with Crippen molar-refractivity contribution in [3.63, 3.8) is 0 Å². The zero-order chi connectivity index (χ0) is 26.8. The van der Waals surface area contributed by atoms with E-state index >= 15 is 0 Å². The summed E-state index contributed by atoms with van der Waals surface area (Å²) in [6.07, 6.45) is -1.07. The summed E-state index contributed by atoms with van der Waals surface area (Å²) in [5.74, 6) is -3.42. The lowest BCUT2D eigenvalue weighted by atomic mass is 9.84. The molecule has 0 bridgehead atoms. The van der Waals surface area contributed by atoms with E-state index in [4.69, 9.17) is 0 Å². The molecule has 6 nitrogen and oxygen atoms in total. The third-order valence-corrected chi connectivity index (χ3v) is 7.48. The number of halogens is 3. The minimum absolute atomic E-state index is 0.0432. The summed E-state index contributed by atoms with van der Waals surface area (Å²) in [4.78, 5) is 44.2. The second kappa shape index (κ2) is 8.58. The summed E-state index contributed by atoms with van der Waals surface area (Å²) >= 11 is 0. The second-order valence-corrected chi connectivity index (χ2v) is 9.75. The number of nitrogens with one attached hydrogen (secondary N) is 1.